The zero-order chi connectivity index (χ0) is 19.5. The second-order valence-electron chi connectivity index (χ2n) is 7.19. The van der Waals surface area contributed by atoms with E-state index in [0.717, 1.165) is 53.5 Å². The third kappa shape index (κ3) is 4.00. The van der Waals surface area contributed by atoms with Gasteiger partial charge in [-0.1, -0.05) is 30.3 Å². The molecular weight excluding hydrogens is 388 g/mol. The molecule has 2 N–H and O–H groups in total. The van der Waals surface area contributed by atoms with E-state index in [4.69, 9.17) is 15.7 Å². The molecule has 1 aliphatic rings. The van der Waals surface area contributed by atoms with Crippen molar-refractivity contribution in [2.45, 2.75) is 25.0 Å². The van der Waals surface area contributed by atoms with E-state index >= 15 is 0 Å². The molecule has 4 rings (SSSR count). The number of carbonyl (C=O) groups is 1. The molecule has 2 aromatic heterocycles. The van der Waals surface area contributed by atoms with Gasteiger partial charge in [0.25, 0.3) is 0 Å². The highest BCUT2D eigenvalue weighted by Crippen LogP contribution is 2.39. The highest BCUT2D eigenvalue weighted by molar-refractivity contribution is 7.97. The van der Waals surface area contributed by atoms with Gasteiger partial charge in [0.05, 0.1) is 11.1 Å². The predicted molar refractivity (Wildman–Crippen MR) is 119 cm³/mol. The molecule has 1 fully saturated rings. The van der Waals surface area contributed by atoms with Gasteiger partial charge in [0.2, 0.25) is 5.91 Å². The molecule has 1 amide bonds. The van der Waals surface area contributed by atoms with E-state index in [1.165, 1.54) is 11.1 Å². The molecule has 0 saturated carbocycles. The van der Waals surface area contributed by atoms with Crippen molar-refractivity contribution in [3.8, 4) is 11.1 Å². The van der Waals surface area contributed by atoms with Crippen molar-refractivity contribution in [2.75, 3.05) is 24.2 Å². The number of primary amides is 1. The highest BCUT2D eigenvalue weighted by Gasteiger charge is 2.25. The molecule has 1 aliphatic heterocycles. The van der Waals surface area contributed by atoms with Crippen LogP contribution in [0.5, 0.6) is 0 Å². The first kappa shape index (κ1) is 19.2. The summed E-state index contributed by atoms with van der Waals surface area (Å²) >= 11 is 3.43. The number of thioether (sulfide) groups is 1. The Kier molecular flexibility index (Phi) is 5.82. The van der Waals surface area contributed by atoms with Crippen LogP contribution in [0, 0.1) is 5.92 Å². The van der Waals surface area contributed by atoms with Gasteiger partial charge >= 0.3 is 0 Å². The van der Waals surface area contributed by atoms with Crippen LogP contribution in [0.1, 0.15) is 25.1 Å². The van der Waals surface area contributed by atoms with Gasteiger partial charge in [-0.2, -0.15) is 11.8 Å². The molecule has 0 atom stereocenters. The summed E-state index contributed by atoms with van der Waals surface area (Å²) in [5.74, 6) is 2.91. The SMILES string of the molecule is CSCc1nc(N2CCC(CC(N)=O)CC2)c2c(-c3ccccc3)csc2n1. The van der Waals surface area contributed by atoms with Crippen molar-refractivity contribution in [1.82, 2.24) is 9.97 Å². The number of nitrogens with zero attached hydrogens (tertiary/aromatic N) is 3. The van der Waals surface area contributed by atoms with Gasteiger partial charge in [-0.15, -0.1) is 11.3 Å². The van der Waals surface area contributed by atoms with E-state index in [2.05, 4.69) is 40.8 Å². The lowest BCUT2D eigenvalue weighted by Gasteiger charge is -2.33. The number of carbonyl (C=O) groups excluding carboxylic acids is 1. The van der Waals surface area contributed by atoms with Crippen LogP contribution in [0.25, 0.3) is 21.3 Å². The summed E-state index contributed by atoms with van der Waals surface area (Å²) in [7, 11) is 0. The third-order valence-electron chi connectivity index (χ3n) is 5.22. The van der Waals surface area contributed by atoms with Crippen molar-refractivity contribution >= 4 is 45.0 Å². The minimum Gasteiger partial charge on any atom is -0.370 e. The maximum Gasteiger partial charge on any atom is 0.217 e. The minimum atomic E-state index is -0.200. The summed E-state index contributed by atoms with van der Waals surface area (Å²) in [6.07, 6.45) is 4.50. The number of amides is 1. The number of thiophene rings is 1. The van der Waals surface area contributed by atoms with Crippen LogP contribution in [0.3, 0.4) is 0 Å². The number of aromatic nitrogens is 2. The number of rotatable bonds is 6. The fraction of sp³-hybridized carbons (Fsp3) is 0.381. The predicted octanol–water partition coefficient (Wildman–Crippen LogP) is 4.31. The Morgan fingerprint density at radius 3 is 2.68 bits per heavy atom. The second-order valence-corrected chi connectivity index (χ2v) is 8.92. The van der Waals surface area contributed by atoms with Gasteiger partial charge < -0.3 is 10.6 Å². The molecule has 0 bridgehead atoms. The summed E-state index contributed by atoms with van der Waals surface area (Å²) < 4.78 is 0. The van der Waals surface area contributed by atoms with Crippen molar-refractivity contribution in [2.24, 2.45) is 11.7 Å². The Morgan fingerprint density at radius 2 is 2.00 bits per heavy atom. The molecule has 0 radical (unpaired) electrons. The molecule has 146 valence electrons. The van der Waals surface area contributed by atoms with Gasteiger partial charge in [0.1, 0.15) is 16.5 Å². The molecule has 1 saturated heterocycles. The molecule has 3 aromatic rings. The van der Waals surface area contributed by atoms with E-state index in [9.17, 15) is 4.79 Å². The zero-order valence-electron chi connectivity index (χ0n) is 15.9. The number of benzene rings is 1. The van der Waals surface area contributed by atoms with Crippen LogP contribution in [0.4, 0.5) is 5.82 Å². The average Bonchev–Trinajstić information content (AvgIpc) is 3.12. The second kappa shape index (κ2) is 8.49. The first-order valence-corrected chi connectivity index (χ1v) is 11.8. The summed E-state index contributed by atoms with van der Waals surface area (Å²) in [6.45, 7) is 1.79. The van der Waals surface area contributed by atoms with Crippen LogP contribution < -0.4 is 10.6 Å². The van der Waals surface area contributed by atoms with Crippen LogP contribution in [0.2, 0.25) is 0 Å². The Labute approximate surface area is 173 Å². The van der Waals surface area contributed by atoms with Gasteiger partial charge in [-0.05, 0) is 30.6 Å². The van der Waals surface area contributed by atoms with Crippen LogP contribution >= 0.6 is 23.1 Å². The van der Waals surface area contributed by atoms with Crippen LogP contribution in [-0.4, -0.2) is 35.2 Å². The highest BCUT2D eigenvalue weighted by atomic mass is 32.2. The number of hydrogen-bond donors (Lipinski definition) is 1. The van der Waals surface area contributed by atoms with E-state index in [1.807, 2.05) is 6.07 Å². The maximum atomic E-state index is 11.3. The Hall–Kier alpha value is -2.12. The fourth-order valence-corrected chi connectivity index (χ4v) is 5.20. The summed E-state index contributed by atoms with van der Waals surface area (Å²) in [4.78, 5) is 24.5. The molecule has 0 aliphatic carbocycles. The lowest BCUT2D eigenvalue weighted by Crippen LogP contribution is -2.35. The largest absolute Gasteiger partial charge is 0.370 e. The Morgan fingerprint density at radius 1 is 1.25 bits per heavy atom. The number of anilines is 1. The van der Waals surface area contributed by atoms with E-state index in [0.29, 0.717) is 12.3 Å². The monoisotopic (exact) mass is 412 g/mol. The van der Waals surface area contributed by atoms with Crippen LogP contribution in [0.15, 0.2) is 35.7 Å². The molecule has 0 unspecified atom stereocenters. The van der Waals surface area contributed by atoms with Crippen molar-refractivity contribution in [3.05, 3.63) is 41.5 Å². The first-order chi connectivity index (χ1) is 13.7. The third-order valence-corrected chi connectivity index (χ3v) is 6.64. The minimum absolute atomic E-state index is 0.200. The van der Waals surface area contributed by atoms with Gasteiger partial charge in [0.15, 0.2) is 0 Å². The summed E-state index contributed by atoms with van der Waals surface area (Å²) in [5.41, 5.74) is 7.79. The topological polar surface area (TPSA) is 72.1 Å². The van der Waals surface area contributed by atoms with Gasteiger partial charge in [-0.25, -0.2) is 9.97 Å². The van der Waals surface area contributed by atoms with E-state index in [1.54, 1.807) is 23.1 Å². The fourth-order valence-electron chi connectivity index (χ4n) is 3.85. The van der Waals surface area contributed by atoms with E-state index in [-0.39, 0.29) is 5.91 Å². The van der Waals surface area contributed by atoms with Crippen molar-refractivity contribution < 1.29 is 4.79 Å². The zero-order valence-corrected chi connectivity index (χ0v) is 17.6. The van der Waals surface area contributed by atoms with Crippen molar-refractivity contribution in [3.63, 3.8) is 0 Å². The molecule has 5 nitrogen and oxygen atoms in total. The molecule has 1 aromatic carbocycles. The first-order valence-electron chi connectivity index (χ1n) is 9.51. The normalized spacial score (nSPS) is 15.2. The molecule has 7 heteroatoms. The Balaban J connectivity index is 1.73. The van der Waals surface area contributed by atoms with Crippen molar-refractivity contribution in [1.29, 1.82) is 0 Å². The smallest absolute Gasteiger partial charge is 0.217 e. The summed E-state index contributed by atoms with van der Waals surface area (Å²) in [5, 5.41) is 3.34. The standard InChI is InChI=1S/C21H24N4OS2/c1-27-13-18-23-20(25-9-7-14(8-10-25)11-17(22)26)19-16(12-28-21(19)24-18)15-5-3-2-4-6-15/h2-6,12,14H,7-11,13H2,1H3,(H2,22,26). The maximum absolute atomic E-state index is 11.3. The molecule has 28 heavy (non-hydrogen) atoms. The number of piperidine rings is 1. The molecular formula is C21H24N4OS2. The number of nitrogens with two attached hydrogens (primary N) is 1. The lowest BCUT2D eigenvalue weighted by molar-refractivity contribution is -0.119. The lowest BCUT2D eigenvalue weighted by atomic mass is 9.93. The van der Waals surface area contributed by atoms with E-state index < -0.39 is 0 Å². The average molecular weight is 413 g/mol. The quantitative estimate of drug-likeness (QED) is 0.653. The Bertz CT molecular complexity index is 965. The van der Waals surface area contributed by atoms with Gasteiger partial charge in [0, 0.05) is 30.5 Å². The number of hydrogen-bond acceptors (Lipinski definition) is 6. The summed E-state index contributed by atoms with van der Waals surface area (Å²) in [6, 6.07) is 10.4. The van der Waals surface area contributed by atoms with Crippen LogP contribution in [-0.2, 0) is 10.5 Å². The number of fused-ring (bicyclic) bond motifs is 1. The molecule has 0 spiro atoms. The molecule has 3 heterocycles. The van der Waals surface area contributed by atoms with Gasteiger partial charge in [-0.3, -0.25) is 4.79 Å².